The van der Waals surface area contributed by atoms with Crippen LogP contribution in [-0.2, 0) is 0 Å². The van der Waals surface area contributed by atoms with Crippen molar-refractivity contribution in [2.45, 2.75) is 5.92 Å². The van der Waals surface area contributed by atoms with E-state index in [1.165, 1.54) is 13.2 Å². The molecule has 0 amide bonds. The number of rotatable bonds is 5. The lowest BCUT2D eigenvalue weighted by molar-refractivity contribution is 0.312. The van der Waals surface area contributed by atoms with E-state index in [-0.39, 0.29) is 17.3 Å². The van der Waals surface area contributed by atoms with Gasteiger partial charge in [-0.15, -0.1) is 0 Å². The van der Waals surface area contributed by atoms with Crippen LogP contribution >= 0.6 is 0 Å². The highest BCUT2D eigenvalue weighted by Gasteiger charge is 2.26. The zero-order valence-corrected chi connectivity index (χ0v) is 18.6. The summed E-state index contributed by atoms with van der Waals surface area (Å²) in [6, 6.07) is 8.41. The fraction of sp³-hybridized carbons (Fsp3) is 0.348. The number of methoxy groups -OCH3 is 1. The lowest BCUT2D eigenvalue weighted by Crippen LogP contribution is -2.44. The summed E-state index contributed by atoms with van der Waals surface area (Å²) in [7, 11) is 3.63. The fourth-order valence-corrected chi connectivity index (χ4v) is 4.01. The Kier molecular flexibility index (Phi) is 5.82. The van der Waals surface area contributed by atoms with Crippen LogP contribution < -0.4 is 14.6 Å². The van der Waals surface area contributed by atoms with Crippen molar-refractivity contribution in [3.63, 3.8) is 0 Å². The van der Waals surface area contributed by atoms with E-state index >= 15 is 0 Å². The molecule has 2 aliphatic rings. The van der Waals surface area contributed by atoms with Crippen molar-refractivity contribution in [2.24, 2.45) is 5.10 Å². The smallest absolute Gasteiger partial charge is 0.248 e. The third-order valence-corrected chi connectivity index (χ3v) is 5.92. The van der Waals surface area contributed by atoms with E-state index < -0.39 is 5.82 Å². The lowest BCUT2D eigenvalue weighted by Gasteiger charge is -2.33. The second-order valence-corrected chi connectivity index (χ2v) is 8.08. The number of halogens is 1. The van der Waals surface area contributed by atoms with Gasteiger partial charge in [-0.2, -0.15) is 10.1 Å². The molecule has 0 radical (unpaired) electrons. The van der Waals surface area contributed by atoms with Gasteiger partial charge in [-0.3, -0.25) is 0 Å². The van der Waals surface area contributed by atoms with Gasteiger partial charge in [0, 0.05) is 44.8 Å². The normalized spacial score (nSPS) is 18.7. The summed E-state index contributed by atoms with van der Waals surface area (Å²) in [4.78, 5) is 22.6. The number of hydrogen-bond acceptors (Lipinski definition) is 9. The van der Waals surface area contributed by atoms with Gasteiger partial charge >= 0.3 is 0 Å². The van der Waals surface area contributed by atoms with Gasteiger partial charge in [0.1, 0.15) is 17.4 Å². The Morgan fingerprint density at radius 2 is 1.82 bits per heavy atom. The van der Waals surface area contributed by atoms with Gasteiger partial charge in [0.2, 0.25) is 5.95 Å². The van der Waals surface area contributed by atoms with Crippen molar-refractivity contribution in [3.8, 4) is 17.1 Å². The topological polar surface area (TPSA) is 82.9 Å². The zero-order chi connectivity index (χ0) is 22.8. The number of aromatic nitrogens is 4. The van der Waals surface area contributed by atoms with Crippen LogP contribution in [0.5, 0.6) is 5.75 Å². The molecule has 9 nitrogen and oxygen atoms in total. The lowest BCUT2D eigenvalue weighted by atomic mass is 10.1. The van der Waals surface area contributed by atoms with Crippen LogP contribution in [0.3, 0.4) is 0 Å². The van der Waals surface area contributed by atoms with Crippen LogP contribution in [0.1, 0.15) is 11.6 Å². The van der Waals surface area contributed by atoms with E-state index in [0.29, 0.717) is 18.2 Å². The van der Waals surface area contributed by atoms with Crippen LogP contribution in [0.15, 0.2) is 47.8 Å². The molecule has 1 fully saturated rings. The molecule has 0 N–H and O–H groups in total. The summed E-state index contributed by atoms with van der Waals surface area (Å²) in [5, 5.41) is 6.29. The second kappa shape index (κ2) is 9.07. The summed E-state index contributed by atoms with van der Waals surface area (Å²) < 4.78 is 19.8. The second-order valence-electron chi connectivity index (χ2n) is 8.08. The van der Waals surface area contributed by atoms with Crippen LogP contribution in [0.4, 0.5) is 16.2 Å². The molecule has 0 aliphatic carbocycles. The molecule has 2 aliphatic heterocycles. The largest absolute Gasteiger partial charge is 0.496 e. The number of hydrazone groups is 1. The Hall–Kier alpha value is -3.66. The number of nitrogens with zero attached hydrogens (tertiary/aromatic N) is 8. The van der Waals surface area contributed by atoms with Gasteiger partial charge < -0.3 is 14.5 Å². The Morgan fingerprint density at radius 1 is 1.00 bits per heavy atom. The van der Waals surface area contributed by atoms with Crippen molar-refractivity contribution in [1.29, 1.82) is 0 Å². The number of ether oxygens (including phenoxy) is 1. The molecule has 4 heterocycles. The summed E-state index contributed by atoms with van der Waals surface area (Å²) in [5.74, 6) is 1.60. The highest BCUT2D eigenvalue weighted by Crippen LogP contribution is 2.31. The van der Waals surface area contributed by atoms with Gasteiger partial charge in [-0.1, -0.05) is 6.07 Å². The third kappa shape index (κ3) is 4.34. The van der Waals surface area contributed by atoms with E-state index in [9.17, 15) is 4.39 Å². The quantitative estimate of drug-likeness (QED) is 0.589. The number of benzene rings is 1. The van der Waals surface area contributed by atoms with E-state index in [0.717, 1.165) is 37.7 Å². The first-order valence-corrected chi connectivity index (χ1v) is 10.9. The minimum Gasteiger partial charge on any atom is -0.496 e. The van der Waals surface area contributed by atoms with E-state index in [1.807, 2.05) is 18.3 Å². The van der Waals surface area contributed by atoms with Gasteiger partial charge in [-0.25, -0.2) is 24.4 Å². The monoisotopic (exact) mass is 448 g/mol. The predicted molar refractivity (Wildman–Crippen MR) is 124 cm³/mol. The first-order chi connectivity index (χ1) is 16.1. The molecule has 10 heteroatoms. The summed E-state index contributed by atoms with van der Waals surface area (Å²) in [6.07, 6.45) is 5.22. The fourth-order valence-electron chi connectivity index (χ4n) is 4.01. The highest BCUT2D eigenvalue weighted by molar-refractivity contribution is 5.73. The van der Waals surface area contributed by atoms with Crippen LogP contribution in [0.2, 0.25) is 0 Å². The van der Waals surface area contributed by atoms with Crippen LogP contribution in [0.25, 0.3) is 11.4 Å². The minimum absolute atomic E-state index is 0.0968. The van der Waals surface area contributed by atoms with E-state index in [1.54, 1.807) is 29.5 Å². The average Bonchev–Trinajstić information content (AvgIpc) is 3.35. The molecule has 3 aromatic rings. The first-order valence-electron chi connectivity index (χ1n) is 10.9. The Labute approximate surface area is 191 Å². The van der Waals surface area contributed by atoms with E-state index in [2.05, 4.69) is 36.9 Å². The Balaban J connectivity index is 1.34. The maximum Gasteiger partial charge on any atom is 0.248 e. The maximum atomic E-state index is 14.5. The number of likely N-dealkylation sites (N-methyl/N-ethyl adjacent to an activating group) is 1. The molecule has 170 valence electrons. The van der Waals surface area contributed by atoms with Crippen molar-refractivity contribution in [3.05, 3.63) is 54.2 Å². The number of hydrogen-bond donors (Lipinski definition) is 0. The predicted octanol–water partition coefficient (Wildman–Crippen LogP) is 2.42. The number of anilines is 2. The van der Waals surface area contributed by atoms with Gasteiger partial charge in [0.05, 0.1) is 30.8 Å². The molecule has 2 aromatic heterocycles. The van der Waals surface area contributed by atoms with Crippen LogP contribution in [-0.4, -0.2) is 77.9 Å². The van der Waals surface area contributed by atoms with Gasteiger partial charge in [0.15, 0.2) is 5.82 Å². The van der Waals surface area contributed by atoms with Crippen molar-refractivity contribution in [1.82, 2.24) is 24.8 Å². The molecular formula is C23H25FN8O. The molecule has 1 unspecified atom stereocenters. The van der Waals surface area contributed by atoms with Crippen LogP contribution in [0, 0.1) is 5.82 Å². The molecule has 0 spiro atoms. The number of piperazine rings is 1. The Bertz CT molecular complexity index is 1160. The molecule has 1 aromatic carbocycles. The maximum absolute atomic E-state index is 14.5. The van der Waals surface area contributed by atoms with Crippen molar-refractivity contribution in [2.75, 3.05) is 56.8 Å². The summed E-state index contributed by atoms with van der Waals surface area (Å²) in [6.45, 7) is 4.42. The summed E-state index contributed by atoms with van der Waals surface area (Å²) in [5.41, 5.74) is 0.989. The highest BCUT2D eigenvalue weighted by atomic mass is 19.1. The molecular weight excluding hydrogens is 423 g/mol. The summed E-state index contributed by atoms with van der Waals surface area (Å²) >= 11 is 0. The third-order valence-electron chi connectivity index (χ3n) is 5.92. The Morgan fingerprint density at radius 3 is 2.64 bits per heavy atom. The first kappa shape index (κ1) is 21.2. The zero-order valence-electron chi connectivity index (χ0n) is 18.6. The minimum atomic E-state index is -0.428. The molecule has 0 bridgehead atoms. The van der Waals surface area contributed by atoms with Gasteiger partial charge in [-0.05, 0) is 31.3 Å². The molecule has 33 heavy (non-hydrogen) atoms. The molecule has 0 saturated carbocycles. The molecule has 1 saturated heterocycles. The van der Waals surface area contributed by atoms with Crippen molar-refractivity contribution >= 4 is 18.0 Å². The standard InChI is InChI=1S/C23H25FN8O/c1-30-10-12-31(13-11-30)20-7-9-26-23(29-20)32-15-16(14-27-32)18-6-8-25-22(28-18)21-17(24)4-3-5-19(21)33-2/h3-9,14,16H,10-13,15H2,1-2H3. The van der Waals surface area contributed by atoms with E-state index in [4.69, 9.17) is 9.72 Å². The van der Waals surface area contributed by atoms with Crippen molar-refractivity contribution < 1.29 is 9.13 Å². The average molecular weight is 449 g/mol. The molecule has 1 atom stereocenters. The SMILES string of the molecule is COc1cccc(F)c1-c1nccc(C2C=NN(c3nccc(N4CCN(C)CC4)n3)C2)n1. The van der Waals surface area contributed by atoms with Gasteiger partial charge in [0.25, 0.3) is 0 Å². The molecule has 5 rings (SSSR count).